The number of carbonyl (C=O) groups is 1. The number of rotatable bonds is 0. The third kappa shape index (κ3) is 1.37. The highest BCUT2D eigenvalue weighted by atomic mass is 19.3. The first kappa shape index (κ1) is 8.14. The fourth-order valence-electron chi connectivity index (χ4n) is 2.46. The molecule has 0 heterocycles. The average molecular weight is 174 g/mol. The van der Waals surface area contributed by atoms with Crippen LogP contribution in [0.4, 0.5) is 8.78 Å². The summed E-state index contributed by atoms with van der Waals surface area (Å²) in [5.74, 6) is -2.05. The lowest BCUT2D eigenvalue weighted by Gasteiger charge is -2.30. The Balaban J connectivity index is 2.06. The van der Waals surface area contributed by atoms with Crippen molar-refractivity contribution < 1.29 is 13.6 Å². The van der Waals surface area contributed by atoms with Gasteiger partial charge < -0.3 is 0 Å². The summed E-state index contributed by atoms with van der Waals surface area (Å²) in [5.41, 5.74) is 0. The molecule has 68 valence electrons. The summed E-state index contributed by atoms with van der Waals surface area (Å²) in [7, 11) is 0. The molecule has 0 N–H and O–H groups in total. The average Bonchev–Trinajstić information content (AvgIpc) is 2.26. The largest absolute Gasteiger partial charge is 0.300 e. The lowest BCUT2D eigenvalue weighted by Crippen LogP contribution is -2.29. The lowest BCUT2D eigenvalue weighted by molar-refractivity contribution is -0.117. The molecule has 2 atom stereocenters. The first-order valence-corrected chi connectivity index (χ1v) is 4.46. The minimum absolute atomic E-state index is 0.0125. The lowest BCUT2D eigenvalue weighted by atomic mass is 9.80. The first-order valence-electron chi connectivity index (χ1n) is 4.46. The van der Waals surface area contributed by atoms with E-state index in [4.69, 9.17) is 0 Å². The van der Waals surface area contributed by atoms with E-state index in [9.17, 15) is 13.6 Å². The van der Waals surface area contributed by atoms with Crippen LogP contribution in [0.25, 0.3) is 0 Å². The van der Waals surface area contributed by atoms with Crippen LogP contribution < -0.4 is 0 Å². The number of ketones is 1. The van der Waals surface area contributed by atoms with Crippen molar-refractivity contribution in [3.05, 3.63) is 0 Å². The van der Waals surface area contributed by atoms with Crippen molar-refractivity contribution in [1.29, 1.82) is 0 Å². The minimum Gasteiger partial charge on any atom is -0.300 e. The molecule has 0 saturated heterocycles. The Morgan fingerprint density at radius 2 is 1.92 bits per heavy atom. The number of hydrogen-bond acceptors (Lipinski definition) is 1. The highest BCUT2D eigenvalue weighted by Gasteiger charge is 2.45. The van der Waals surface area contributed by atoms with Crippen molar-refractivity contribution in [2.45, 2.75) is 38.0 Å². The third-order valence-corrected chi connectivity index (χ3v) is 3.09. The van der Waals surface area contributed by atoms with Gasteiger partial charge in [0, 0.05) is 25.7 Å². The molecule has 1 nitrogen and oxygen atoms in total. The standard InChI is InChI=1S/C9H12F2O/c10-9(11)2-1-6-3-8(12)4-7(6)5-9/h6-7H,1-5H2/t6-,7+/m0/s1. The van der Waals surface area contributed by atoms with E-state index >= 15 is 0 Å². The van der Waals surface area contributed by atoms with Crippen LogP contribution in [0, 0.1) is 11.8 Å². The summed E-state index contributed by atoms with van der Waals surface area (Å²) < 4.78 is 25.7. The van der Waals surface area contributed by atoms with Crippen LogP contribution >= 0.6 is 0 Å². The van der Waals surface area contributed by atoms with E-state index < -0.39 is 5.92 Å². The number of hydrogen-bond donors (Lipinski definition) is 0. The number of alkyl halides is 2. The molecule has 2 rings (SSSR count). The van der Waals surface area contributed by atoms with Crippen molar-refractivity contribution in [2.75, 3.05) is 0 Å². The summed E-state index contributed by atoms with van der Waals surface area (Å²) in [6.45, 7) is 0. The van der Waals surface area contributed by atoms with Crippen LogP contribution in [0.2, 0.25) is 0 Å². The Morgan fingerprint density at radius 3 is 2.67 bits per heavy atom. The molecule has 2 fully saturated rings. The maximum Gasteiger partial charge on any atom is 0.248 e. The molecular formula is C9H12F2O. The summed E-state index contributed by atoms with van der Waals surface area (Å²) in [4.78, 5) is 11.0. The predicted molar refractivity (Wildman–Crippen MR) is 40.0 cm³/mol. The van der Waals surface area contributed by atoms with Gasteiger partial charge in [-0.15, -0.1) is 0 Å². The minimum atomic E-state index is -2.49. The normalized spacial score (nSPS) is 39.7. The Morgan fingerprint density at radius 1 is 1.25 bits per heavy atom. The maximum atomic E-state index is 12.9. The van der Waals surface area contributed by atoms with Gasteiger partial charge in [-0.05, 0) is 18.3 Å². The number of halogens is 2. The number of Topliss-reactive ketones (excluding diaryl/α,β-unsaturated/α-hetero) is 1. The molecule has 0 bridgehead atoms. The fourth-order valence-corrected chi connectivity index (χ4v) is 2.46. The Hall–Kier alpha value is -0.470. The molecule has 0 spiro atoms. The zero-order valence-corrected chi connectivity index (χ0v) is 6.85. The highest BCUT2D eigenvalue weighted by molar-refractivity contribution is 5.81. The zero-order valence-electron chi connectivity index (χ0n) is 6.85. The van der Waals surface area contributed by atoms with E-state index in [0.717, 1.165) is 0 Å². The van der Waals surface area contributed by atoms with Gasteiger partial charge in [-0.3, -0.25) is 4.79 Å². The van der Waals surface area contributed by atoms with E-state index in [0.29, 0.717) is 19.3 Å². The van der Waals surface area contributed by atoms with E-state index in [-0.39, 0.29) is 30.5 Å². The van der Waals surface area contributed by atoms with Crippen molar-refractivity contribution in [3.8, 4) is 0 Å². The van der Waals surface area contributed by atoms with Gasteiger partial charge in [-0.2, -0.15) is 0 Å². The molecular weight excluding hydrogens is 162 g/mol. The van der Waals surface area contributed by atoms with Crippen molar-refractivity contribution >= 4 is 5.78 Å². The smallest absolute Gasteiger partial charge is 0.248 e. The molecule has 0 radical (unpaired) electrons. The quantitative estimate of drug-likeness (QED) is 0.551. The molecule has 0 amide bonds. The van der Waals surface area contributed by atoms with Crippen LogP contribution in [0.5, 0.6) is 0 Å². The van der Waals surface area contributed by atoms with Crippen LogP contribution in [0.15, 0.2) is 0 Å². The van der Waals surface area contributed by atoms with Gasteiger partial charge in [0.05, 0.1) is 0 Å². The number of carbonyl (C=O) groups excluding carboxylic acids is 1. The summed E-state index contributed by atoms with van der Waals surface area (Å²) >= 11 is 0. The van der Waals surface area contributed by atoms with E-state index in [2.05, 4.69) is 0 Å². The molecule has 12 heavy (non-hydrogen) atoms. The van der Waals surface area contributed by atoms with Crippen molar-refractivity contribution in [3.63, 3.8) is 0 Å². The summed E-state index contributed by atoms with van der Waals surface area (Å²) in [6, 6.07) is 0. The second kappa shape index (κ2) is 2.51. The maximum absolute atomic E-state index is 12.9. The summed E-state index contributed by atoms with van der Waals surface area (Å²) in [6.07, 6.45) is 1.44. The molecule has 2 aliphatic carbocycles. The SMILES string of the molecule is O=C1C[C@@H]2CC(F)(F)CC[C@H]2C1. The highest BCUT2D eigenvalue weighted by Crippen LogP contribution is 2.46. The first-order chi connectivity index (χ1) is 5.57. The summed E-state index contributed by atoms with van der Waals surface area (Å²) in [5, 5.41) is 0. The topological polar surface area (TPSA) is 17.1 Å². The molecule has 2 saturated carbocycles. The van der Waals surface area contributed by atoms with Crippen LogP contribution in [0.1, 0.15) is 32.1 Å². The van der Waals surface area contributed by atoms with Gasteiger partial charge in [-0.1, -0.05) is 0 Å². The number of fused-ring (bicyclic) bond motifs is 1. The van der Waals surface area contributed by atoms with Crippen molar-refractivity contribution in [1.82, 2.24) is 0 Å². The fraction of sp³-hybridized carbons (Fsp3) is 0.889. The van der Waals surface area contributed by atoms with Crippen LogP contribution in [-0.2, 0) is 4.79 Å². The molecule has 0 aromatic heterocycles. The Bertz CT molecular complexity index is 213. The predicted octanol–water partition coefficient (Wildman–Crippen LogP) is 2.40. The zero-order chi connectivity index (χ0) is 8.77. The Labute approximate surface area is 70.1 Å². The second-order valence-electron chi connectivity index (χ2n) is 4.07. The van der Waals surface area contributed by atoms with Crippen LogP contribution in [0.3, 0.4) is 0 Å². The molecule has 2 aliphatic rings. The molecule has 0 unspecified atom stereocenters. The second-order valence-corrected chi connectivity index (χ2v) is 4.07. The monoisotopic (exact) mass is 174 g/mol. The molecule has 0 aliphatic heterocycles. The van der Waals surface area contributed by atoms with Gasteiger partial charge >= 0.3 is 0 Å². The van der Waals surface area contributed by atoms with Gasteiger partial charge in [0.25, 0.3) is 0 Å². The van der Waals surface area contributed by atoms with Crippen molar-refractivity contribution in [2.24, 2.45) is 11.8 Å². The van der Waals surface area contributed by atoms with Crippen LogP contribution in [-0.4, -0.2) is 11.7 Å². The van der Waals surface area contributed by atoms with E-state index in [1.165, 1.54) is 0 Å². The van der Waals surface area contributed by atoms with Gasteiger partial charge in [0.1, 0.15) is 5.78 Å². The van der Waals surface area contributed by atoms with E-state index in [1.807, 2.05) is 0 Å². The molecule has 0 aromatic carbocycles. The third-order valence-electron chi connectivity index (χ3n) is 3.09. The Kier molecular flexibility index (Phi) is 1.70. The van der Waals surface area contributed by atoms with E-state index in [1.54, 1.807) is 0 Å². The molecule has 0 aromatic rings. The molecule has 3 heteroatoms. The van der Waals surface area contributed by atoms with Gasteiger partial charge in [-0.25, -0.2) is 8.78 Å². The van der Waals surface area contributed by atoms with Gasteiger partial charge in [0.2, 0.25) is 5.92 Å². The van der Waals surface area contributed by atoms with Gasteiger partial charge in [0.15, 0.2) is 0 Å².